The Balaban J connectivity index is 1.70. The first-order valence-corrected chi connectivity index (χ1v) is 6.58. The molecule has 4 heteroatoms. The molecule has 1 fully saturated rings. The number of nitrogens with one attached hydrogen (secondary N) is 1. The van der Waals surface area contributed by atoms with Crippen LogP contribution in [0.3, 0.4) is 0 Å². The van der Waals surface area contributed by atoms with Gasteiger partial charge in [0.15, 0.2) is 0 Å². The molecule has 1 aromatic carbocycles. The van der Waals surface area contributed by atoms with Crippen LogP contribution in [0.25, 0.3) is 0 Å². The molecular weight excluding hydrogens is 228 g/mol. The lowest BCUT2D eigenvalue weighted by atomic mass is 10.3. The molecule has 1 saturated heterocycles. The second kappa shape index (κ2) is 7.24. The monoisotopic (exact) mass is 250 g/mol. The molecule has 18 heavy (non-hydrogen) atoms. The smallest absolute Gasteiger partial charge is 0.119 e. The minimum Gasteiger partial charge on any atom is -0.497 e. The van der Waals surface area contributed by atoms with Crippen molar-refractivity contribution in [3.8, 4) is 11.5 Å². The van der Waals surface area contributed by atoms with Crippen LogP contribution in [0.2, 0.25) is 0 Å². The van der Waals surface area contributed by atoms with E-state index in [9.17, 15) is 0 Å². The van der Waals surface area contributed by atoms with Gasteiger partial charge in [0, 0.05) is 19.6 Å². The van der Waals surface area contributed by atoms with Gasteiger partial charge >= 0.3 is 0 Å². The third-order valence-electron chi connectivity index (χ3n) is 3.17. The van der Waals surface area contributed by atoms with E-state index in [2.05, 4.69) is 10.2 Å². The summed E-state index contributed by atoms with van der Waals surface area (Å²) >= 11 is 0. The van der Waals surface area contributed by atoms with Crippen molar-refractivity contribution >= 4 is 0 Å². The predicted octanol–water partition coefficient (Wildman–Crippen LogP) is 1.37. The predicted molar refractivity (Wildman–Crippen MR) is 72.4 cm³/mol. The van der Waals surface area contributed by atoms with Crippen LogP contribution >= 0.6 is 0 Å². The Hall–Kier alpha value is -1.26. The fraction of sp³-hybridized carbons (Fsp3) is 0.571. The molecule has 0 unspecified atom stereocenters. The van der Waals surface area contributed by atoms with E-state index in [0.29, 0.717) is 0 Å². The van der Waals surface area contributed by atoms with Gasteiger partial charge in [-0.05, 0) is 43.8 Å². The van der Waals surface area contributed by atoms with Crippen LogP contribution in [-0.2, 0) is 0 Å². The standard InChI is InChI=1S/C14H22N2O2/c1-17-13-3-5-14(6-4-13)18-12-11-16-9-2-7-15-8-10-16/h3-6,15H,2,7-12H2,1H3. The topological polar surface area (TPSA) is 33.7 Å². The van der Waals surface area contributed by atoms with Gasteiger partial charge in [-0.1, -0.05) is 0 Å². The van der Waals surface area contributed by atoms with Gasteiger partial charge in [0.2, 0.25) is 0 Å². The maximum absolute atomic E-state index is 5.73. The maximum Gasteiger partial charge on any atom is 0.119 e. The summed E-state index contributed by atoms with van der Waals surface area (Å²) in [5.74, 6) is 1.77. The Kier molecular flexibility index (Phi) is 5.30. The summed E-state index contributed by atoms with van der Waals surface area (Å²) in [6.45, 7) is 6.24. The maximum atomic E-state index is 5.73. The molecule has 0 saturated carbocycles. The van der Waals surface area contributed by atoms with Crippen molar-refractivity contribution in [2.75, 3.05) is 46.4 Å². The van der Waals surface area contributed by atoms with Crippen molar-refractivity contribution in [1.29, 1.82) is 0 Å². The highest BCUT2D eigenvalue weighted by molar-refractivity contribution is 5.31. The Morgan fingerprint density at radius 2 is 1.89 bits per heavy atom. The average molecular weight is 250 g/mol. The lowest BCUT2D eigenvalue weighted by molar-refractivity contribution is 0.217. The van der Waals surface area contributed by atoms with E-state index in [4.69, 9.17) is 9.47 Å². The molecule has 2 rings (SSSR count). The zero-order chi connectivity index (χ0) is 12.6. The zero-order valence-corrected chi connectivity index (χ0v) is 11.0. The van der Waals surface area contributed by atoms with Gasteiger partial charge < -0.3 is 14.8 Å². The number of hydrogen-bond acceptors (Lipinski definition) is 4. The fourth-order valence-corrected chi connectivity index (χ4v) is 2.09. The van der Waals surface area contributed by atoms with Crippen LogP contribution in [0.15, 0.2) is 24.3 Å². The molecule has 0 aromatic heterocycles. The molecule has 1 N–H and O–H groups in total. The van der Waals surface area contributed by atoms with Crippen molar-refractivity contribution in [1.82, 2.24) is 10.2 Å². The van der Waals surface area contributed by atoms with Gasteiger partial charge in [-0.15, -0.1) is 0 Å². The minimum atomic E-state index is 0.742. The second-order valence-electron chi connectivity index (χ2n) is 4.47. The summed E-state index contributed by atoms with van der Waals surface area (Å²) in [7, 11) is 1.67. The lowest BCUT2D eigenvalue weighted by Gasteiger charge is -2.19. The first-order chi connectivity index (χ1) is 8.88. The van der Waals surface area contributed by atoms with Gasteiger partial charge in [0.05, 0.1) is 7.11 Å². The van der Waals surface area contributed by atoms with E-state index in [1.165, 1.54) is 13.0 Å². The second-order valence-corrected chi connectivity index (χ2v) is 4.47. The normalized spacial score (nSPS) is 17.2. The van der Waals surface area contributed by atoms with Gasteiger partial charge in [-0.3, -0.25) is 4.90 Å². The molecule has 0 atom stereocenters. The Bertz CT molecular complexity index is 332. The van der Waals surface area contributed by atoms with Crippen LogP contribution in [0.4, 0.5) is 0 Å². The molecular formula is C14H22N2O2. The molecule has 0 amide bonds. The summed E-state index contributed by atoms with van der Waals surface area (Å²) in [6.07, 6.45) is 1.22. The van der Waals surface area contributed by atoms with Crippen LogP contribution in [-0.4, -0.2) is 51.3 Å². The summed E-state index contributed by atoms with van der Waals surface area (Å²) in [6, 6.07) is 7.74. The lowest BCUT2D eigenvalue weighted by Crippen LogP contribution is -2.31. The van der Waals surface area contributed by atoms with Gasteiger partial charge in [-0.25, -0.2) is 0 Å². The first-order valence-electron chi connectivity index (χ1n) is 6.58. The number of benzene rings is 1. The van der Waals surface area contributed by atoms with Crippen LogP contribution in [0.5, 0.6) is 11.5 Å². The quantitative estimate of drug-likeness (QED) is 0.856. The highest BCUT2D eigenvalue weighted by atomic mass is 16.5. The van der Waals surface area contributed by atoms with Crippen molar-refractivity contribution in [2.24, 2.45) is 0 Å². The molecule has 1 heterocycles. The van der Waals surface area contributed by atoms with E-state index in [1.54, 1.807) is 7.11 Å². The van der Waals surface area contributed by atoms with Gasteiger partial charge in [0.1, 0.15) is 18.1 Å². The number of nitrogens with zero attached hydrogens (tertiary/aromatic N) is 1. The molecule has 1 aromatic rings. The summed E-state index contributed by atoms with van der Waals surface area (Å²) in [5, 5.41) is 3.40. The van der Waals surface area contributed by atoms with Gasteiger partial charge in [0.25, 0.3) is 0 Å². The third kappa shape index (κ3) is 4.20. The number of hydrogen-bond donors (Lipinski definition) is 1. The van der Waals surface area contributed by atoms with E-state index in [-0.39, 0.29) is 0 Å². The van der Waals surface area contributed by atoms with Crippen LogP contribution in [0, 0.1) is 0 Å². The van der Waals surface area contributed by atoms with Crippen molar-refractivity contribution in [3.63, 3.8) is 0 Å². The molecule has 0 aliphatic carbocycles. The summed E-state index contributed by atoms with van der Waals surface area (Å²) in [5.41, 5.74) is 0. The number of ether oxygens (including phenoxy) is 2. The Labute approximate surface area is 109 Å². The minimum absolute atomic E-state index is 0.742. The SMILES string of the molecule is COc1ccc(OCCN2CCCNCC2)cc1. The molecule has 0 spiro atoms. The molecule has 100 valence electrons. The van der Waals surface area contributed by atoms with Crippen molar-refractivity contribution < 1.29 is 9.47 Å². The molecule has 1 aliphatic heterocycles. The zero-order valence-electron chi connectivity index (χ0n) is 11.0. The highest BCUT2D eigenvalue weighted by Crippen LogP contribution is 2.16. The first kappa shape index (κ1) is 13.2. The summed E-state index contributed by atoms with van der Waals surface area (Å²) < 4.78 is 10.8. The molecule has 4 nitrogen and oxygen atoms in total. The fourth-order valence-electron chi connectivity index (χ4n) is 2.09. The number of methoxy groups -OCH3 is 1. The third-order valence-corrected chi connectivity index (χ3v) is 3.17. The summed E-state index contributed by atoms with van der Waals surface area (Å²) in [4.78, 5) is 2.45. The van der Waals surface area contributed by atoms with E-state index in [0.717, 1.165) is 44.3 Å². The highest BCUT2D eigenvalue weighted by Gasteiger charge is 2.07. The van der Waals surface area contributed by atoms with Crippen molar-refractivity contribution in [3.05, 3.63) is 24.3 Å². The molecule has 0 bridgehead atoms. The Morgan fingerprint density at radius 1 is 1.11 bits per heavy atom. The van der Waals surface area contributed by atoms with Crippen LogP contribution < -0.4 is 14.8 Å². The molecule has 1 aliphatic rings. The Morgan fingerprint density at radius 3 is 2.67 bits per heavy atom. The van der Waals surface area contributed by atoms with Crippen molar-refractivity contribution in [2.45, 2.75) is 6.42 Å². The van der Waals surface area contributed by atoms with Crippen LogP contribution in [0.1, 0.15) is 6.42 Å². The van der Waals surface area contributed by atoms with E-state index in [1.807, 2.05) is 24.3 Å². The number of rotatable bonds is 5. The van der Waals surface area contributed by atoms with Gasteiger partial charge in [-0.2, -0.15) is 0 Å². The van der Waals surface area contributed by atoms with E-state index < -0.39 is 0 Å². The average Bonchev–Trinajstić information content (AvgIpc) is 2.68. The van der Waals surface area contributed by atoms with E-state index >= 15 is 0 Å². The largest absolute Gasteiger partial charge is 0.497 e. The molecule has 0 radical (unpaired) electrons.